The molecule has 104 valence electrons. The molecular weight excluding hydrogens is 246 g/mol. The second-order valence-electron chi connectivity index (χ2n) is 5.63. The van der Waals surface area contributed by atoms with Crippen molar-refractivity contribution in [1.29, 1.82) is 0 Å². The van der Waals surface area contributed by atoms with Gasteiger partial charge in [0.15, 0.2) is 11.6 Å². The summed E-state index contributed by atoms with van der Waals surface area (Å²) in [5, 5.41) is 3.56. The molecule has 0 aromatic heterocycles. The first kappa shape index (κ1) is 13.0. The van der Waals surface area contributed by atoms with Gasteiger partial charge in [-0.15, -0.1) is 0 Å². The largest absolute Gasteiger partial charge is 0.312 e. The summed E-state index contributed by atoms with van der Waals surface area (Å²) in [4.78, 5) is 2.41. The molecule has 2 heterocycles. The third kappa shape index (κ3) is 2.79. The minimum atomic E-state index is -0.765. The minimum absolute atomic E-state index is 0.551. The lowest BCUT2D eigenvalue weighted by Gasteiger charge is -2.29. The number of likely N-dealkylation sites (tertiary alicyclic amines) is 1. The Bertz CT molecular complexity index is 444. The maximum Gasteiger partial charge on any atom is 0.159 e. The zero-order valence-electron chi connectivity index (χ0n) is 11.0. The summed E-state index contributed by atoms with van der Waals surface area (Å²) in [6.45, 7) is 2.89. The van der Waals surface area contributed by atoms with E-state index in [1.807, 2.05) is 0 Å². The summed E-state index contributed by atoms with van der Waals surface area (Å²) in [7, 11) is 0. The minimum Gasteiger partial charge on any atom is -0.312 e. The quantitative estimate of drug-likeness (QED) is 0.905. The van der Waals surface area contributed by atoms with Crippen molar-refractivity contribution in [2.24, 2.45) is 0 Å². The van der Waals surface area contributed by atoms with Crippen LogP contribution in [0.25, 0.3) is 0 Å². The molecular formula is C15H20F2N2. The molecule has 0 saturated carbocycles. The lowest BCUT2D eigenvalue weighted by Crippen LogP contribution is -2.43. The second-order valence-corrected chi connectivity index (χ2v) is 5.63. The van der Waals surface area contributed by atoms with E-state index in [0.29, 0.717) is 12.1 Å². The molecule has 1 N–H and O–H groups in total. The summed E-state index contributed by atoms with van der Waals surface area (Å²) in [6, 6.07) is 5.37. The molecule has 2 aliphatic heterocycles. The number of benzene rings is 1. The van der Waals surface area contributed by atoms with Gasteiger partial charge in [0, 0.05) is 18.6 Å². The van der Waals surface area contributed by atoms with Crippen LogP contribution in [0.2, 0.25) is 0 Å². The lowest BCUT2D eigenvalue weighted by molar-refractivity contribution is 0.206. The van der Waals surface area contributed by atoms with Crippen LogP contribution in [0.5, 0.6) is 0 Å². The highest BCUT2D eigenvalue weighted by atomic mass is 19.2. The van der Waals surface area contributed by atoms with Crippen molar-refractivity contribution in [3.63, 3.8) is 0 Å². The fraction of sp³-hybridized carbons (Fsp3) is 0.600. The molecule has 4 heteroatoms. The van der Waals surface area contributed by atoms with Crippen molar-refractivity contribution in [2.45, 2.75) is 44.3 Å². The molecule has 2 aliphatic rings. The van der Waals surface area contributed by atoms with Gasteiger partial charge in [-0.05, 0) is 56.5 Å². The lowest BCUT2D eigenvalue weighted by atomic mass is 10.0. The predicted molar refractivity (Wildman–Crippen MR) is 70.8 cm³/mol. The normalized spacial score (nSPS) is 28.1. The zero-order chi connectivity index (χ0) is 13.2. The third-order valence-electron chi connectivity index (χ3n) is 4.35. The van der Waals surface area contributed by atoms with Gasteiger partial charge in [-0.2, -0.15) is 0 Å². The Kier molecular flexibility index (Phi) is 3.80. The van der Waals surface area contributed by atoms with Crippen LogP contribution in [0.1, 0.15) is 31.2 Å². The molecule has 0 radical (unpaired) electrons. The smallest absolute Gasteiger partial charge is 0.159 e. The van der Waals surface area contributed by atoms with E-state index >= 15 is 0 Å². The summed E-state index contributed by atoms with van der Waals surface area (Å²) >= 11 is 0. The Morgan fingerprint density at radius 3 is 2.79 bits per heavy atom. The molecule has 2 saturated heterocycles. The van der Waals surface area contributed by atoms with Gasteiger partial charge in [0.25, 0.3) is 0 Å². The second kappa shape index (κ2) is 5.55. The SMILES string of the molecule is Fc1ccc(CN2CCCC2C2CCCN2)cc1F. The van der Waals surface area contributed by atoms with Gasteiger partial charge >= 0.3 is 0 Å². The predicted octanol–water partition coefficient (Wildman–Crippen LogP) is 2.68. The Hall–Kier alpha value is -1.00. The number of nitrogens with zero attached hydrogens (tertiary/aromatic N) is 1. The number of rotatable bonds is 3. The molecule has 3 rings (SSSR count). The fourth-order valence-corrected chi connectivity index (χ4v) is 3.42. The topological polar surface area (TPSA) is 15.3 Å². The molecule has 2 atom stereocenters. The van der Waals surface area contributed by atoms with Crippen LogP contribution in [-0.4, -0.2) is 30.1 Å². The molecule has 1 aromatic carbocycles. The van der Waals surface area contributed by atoms with Gasteiger partial charge in [0.2, 0.25) is 0 Å². The molecule has 2 fully saturated rings. The van der Waals surface area contributed by atoms with E-state index in [2.05, 4.69) is 10.2 Å². The summed E-state index contributed by atoms with van der Waals surface area (Å²) < 4.78 is 26.2. The molecule has 0 bridgehead atoms. The number of hydrogen-bond donors (Lipinski definition) is 1. The van der Waals surface area contributed by atoms with Crippen LogP contribution in [0.3, 0.4) is 0 Å². The van der Waals surface area contributed by atoms with Gasteiger partial charge in [-0.1, -0.05) is 6.07 Å². The Morgan fingerprint density at radius 1 is 1.16 bits per heavy atom. The highest BCUT2D eigenvalue weighted by Crippen LogP contribution is 2.26. The van der Waals surface area contributed by atoms with Crippen molar-refractivity contribution in [3.8, 4) is 0 Å². The highest BCUT2D eigenvalue weighted by molar-refractivity contribution is 5.18. The number of hydrogen-bond acceptors (Lipinski definition) is 2. The first-order chi connectivity index (χ1) is 9.24. The van der Waals surface area contributed by atoms with Crippen molar-refractivity contribution in [1.82, 2.24) is 10.2 Å². The van der Waals surface area contributed by atoms with Gasteiger partial charge in [0.1, 0.15) is 0 Å². The van der Waals surface area contributed by atoms with Crippen LogP contribution in [0, 0.1) is 11.6 Å². The van der Waals surface area contributed by atoms with Crippen LogP contribution in [0.15, 0.2) is 18.2 Å². The standard InChI is InChI=1S/C15H20F2N2/c16-12-6-5-11(9-13(12)17)10-19-8-2-4-15(19)14-3-1-7-18-14/h5-6,9,14-15,18H,1-4,7-8,10H2. The summed E-state index contributed by atoms with van der Waals surface area (Å²) in [5.74, 6) is -1.51. The van der Waals surface area contributed by atoms with Crippen molar-refractivity contribution in [2.75, 3.05) is 13.1 Å². The molecule has 2 nitrogen and oxygen atoms in total. The summed E-state index contributed by atoms with van der Waals surface area (Å²) in [6.07, 6.45) is 4.90. The molecule has 19 heavy (non-hydrogen) atoms. The Labute approximate surface area is 112 Å². The number of nitrogens with one attached hydrogen (secondary N) is 1. The van der Waals surface area contributed by atoms with E-state index in [9.17, 15) is 8.78 Å². The van der Waals surface area contributed by atoms with Crippen LogP contribution in [0.4, 0.5) is 8.78 Å². The highest BCUT2D eigenvalue weighted by Gasteiger charge is 2.32. The van der Waals surface area contributed by atoms with E-state index in [0.717, 1.165) is 25.2 Å². The Morgan fingerprint density at radius 2 is 2.05 bits per heavy atom. The zero-order valence-corrected chi connectivity index (χ0v) is 11.0. The van der Waals surface area contributed by atoms with Gasteiger partial charge in [-0.25, -0.2) is 8.78 Å². The first-order valence-corrected chi connectivity index (χ1v) is 7.15. The Balaban J connectivity index is 1.69. The number of halogens is 2. The van der Waals surface area contributed by atoms with Gasteiger partial charge in [0.05, 0.1) is 0 Å². The van der Waals surface area contributed by atoms with E-state index < -0.39 is 11.6 Å². The molecule has 1 aromatic rings. The maximum atomic E-state index is 13.2. The van der Waals surface area contributed by atoms with Crippen molar-refractivity contribution in [3.05, 3.63) is 35.4 Å². The molecule has 0 spiro atoms. The van der Waals surface area contributed by atoms with Gasteiger partial charge < -0.3 is 5.32 Å². The van der Waals surface area contributed by atoms with E-state index in [4.69, 9.17) is 0 Å². The summed E-state index contributed by atoms with van der Waals surface area (Å²) in [5.41, 5.74) is 0.865. The molecule has 2 unspecified atom stereocenters. The van der Waals surface area contributed by atoms with Crippen LogP contribution < -0.4 is 5.32 Å². The van der Waals surface area contributed by atoms with Crippen LogP contribution >= 0.6 is 0 Å². The van der Waals surface area contributed by atoms with Crippen molar-refractivity contribution >= 4 is 0 Å². The molecule has 0 aliphatic carbocycles. The fourth-order valence-electron chi connectivity index (χ4n) is 3.42. The third-order valence-corrected chi connectivity index (χ3v) is 4.35. The van der Waals surface area contributed by atoms with Crippen molar-refractivity contribution < 1.29 is 8.78 Å². The maximum absolute atomic E-state index is 13.2. The van der Waals surface area contributed by atoms with Crippen LogP contribution in [-0.2, 0) is 6.54 Å². The van der Waals surface area contributed by atoms with E-state index in [1.165, 1.54) is 37.8 Å². The monoisotopic (exact) mass is 266 g/mol. The van der Waals surface area contributed by atoms with E-state index in [-0.39, 0.29) is 0 Å². The molecule has 0 amide bonds. The van der Waals surface area contributed by atoms with Gasteiger partial charge in [-0.3, -0.25) is 4.90 Å². The first-order valence-electron chi connectivity index (χ1n) is 7.15. The van der Waals surface area contributed by atoms with E-state index in [1.54, 1.807) is 6.07 Å². The average Bonchev–Trinajstić information content (AvgIpc) is 3.04. The average molecular weight is 266 g/mol.